The molecule has 0 unspecified atom stereocenters. The SMILES string of the molecule is CCn1ncnc1CS(=O)(=O)c1cc(Br)ccc1C(=O)O. The zero-order valence-electron chi connectivity index (χ0n) is 11.0. The number of aryl methyl sites for hydroxylation is 1. The van der Waals surface area contributed by atoms with Gasteiger partial charge in [-0.25, -0.2) is 22.9 Å². The van der Waals surface area contributed by atoms with Crippen molar-refractivity contribution in [3.8, 4) is 0 Å². The van der Waals surface area contributed by atoms with Gasteiger partial charge >= 0.3 is 5.97 Å². The van der Waals surface area contributed by atoms with Crippen LogP contribution in [0.1, 0.15) is 23.1 Å². The van der Waals surface area contributed by atoms with Crippen LogP contribution in [0.4, 0.5) is 0 Å². The van der Waals surface area contributed by atoms with E-state index in [1.807, 2.05) is 6.92 Å². The lowest BCUT2D eigenvalue weighted by Crippen LogP contribution is -2.14. The van der Waals surface area contributed by atoms with Gasteiger partial charge in [-0.05, 0) is 25.1 Å². The second-order valence-corrected chi connectivity index (χ2v) is 7.07. The van der Waals surface area contributed by atoms with Crippen molar-refractivity contribution in [2.75, 3.05) is 0 Å². The van der Waals surface area contributed by atoms with E-state index in [0.717, 1.165) is 0 Å². The first-order valence-electron chi connectivity index (χ1n) is 5.97. The molecular formula is C12H12BrN3O4S. The number of nitrogens with zero attached hydrogens (tertiary/aromatic N) is 3. The topological polar surface area (TPSA) is 102 Å². The monoisotopic (exact) mass is 373 g/mol. The summed E-state index contributed by atoms with van der Waals surface area (Å²) in [5.41, 5.74) is -0.263. The standard InChI is InChI=1S/C12H12BrN3O4S/c1-2-16-11(14-7-15-16)6-21(19,20)10-5-8(13)3-4-9(10)12(17)18/h3-5,7H,2,6H2,1H3,(H,17,18). The quantitative estimate of drug-likeness (QED) is 0.855. The lowest BCUT2D eigenvalue weighted by atomic mass is 10.2. The number of benzene rings is 1. The summed E-state index contributed by atoms with van der Waals surface area (Å²) in [5.74, 6) is -1.43. The van der Waals surface area contributed by atoms with Crippen molar-refractivity contribution in [2.24, 2.45) is 0 Å². The fourth-order valence-electron chi connectivity index (χ4n) is 1.84. The average Bonchev–Trinajstić information content (AvgIpc) is 2.84. The number of carbonyl (C=O) groups is 1. The highest BCUT2D eigenvalue weighted by molar-refractivity contribution is 9.10. The number of sulfone groups is 1. The van der Waals surface area contributed by atoms with E-state index in [1.165, 1.54) is 29.2 Å². The lowest BCUT2D eigenvalue weighted by molar-refractivity contribution is 0.0692. The minimum Gasteiger partial charge on any atom is -0.478 e. The second kappa shape index (κ2) is 5.94. The zero-order chi connectivity index (χ0) is 15.6. The Morgan fingerprint density at radius 2 is 2.14 bits per heavy atom. The first kappa shape index (κ1) is 15.6. The van der Waals surface area contributed by atoms with Gasteiger partial charge in [-0.2, -0.15) is 5.10 Å². The zero-order valence-corrected chi connectivity index (χ0v) is 13.4. The van der Waals surface area contributed by atoms with Gasteiger partial charge in [0.05, 0.1) is 10.5 Å². The van der Waals surface area contributed by atoms with E-state index < -0.39 is 21.6 Å². The van der Waals surface area contributed by atoms with Crippen LogP contribution in [-0.2, 0) is 22.1 Å². The predicted molar refractivity (Wildman–Crippen MR) is 77.7 cm³/mol. The van der Waals surface area contributed by atoms with Crippen LogP contribution >= 0.6 is 15.9 Å². The number of aromatic nitrogens is 3. The van der Waals surface area contributed by atoms with E-state index >= 15 is 0 Å². The molecule has 7 nitrogen and oxygen atoms in total. The van der Waals surface area contributed by atoms with E-state index in [2.05, 4.69) is 26.0 Å². The molecule has 112 valence electrons. The van der Waals surface area contributed by atoms with Crippen molar-refractivity contribution in [3.63, 3.8) is 0 Å². The average molecular weight is 374 g/mol. The summed E-state index contributed by atoms with van der Waals surface area (Å²) in [6.07, 6.45) is 1.27. The van der Waals surface area contributed by atoms with Crippen molar-refractivity contribution >= 4 is 31.7 Å². The number of carboxylic acid groups (broad SMARTS) is 1. The summed E-state index contributed by atoms with van der Waals surface area (Å²) in [6, 6.07) is 4.02. The molecular weight excluding hydrogens is 362 g/mol. The molecule has 0 fully saturated rings. The summed E-state index contributed by atoms with van der Waals surface area (Å²) in [7, 11) is -3.85. The highest BCUT2D eigenvalue weighted by atomic mass is 79.9. The van der Waals surface area contributed by atoms with Gasteiger partial charge in [-0.15, -0.1) is 0 Å². The van der Waals surface area contributed by atoms with Crippen molar-refractivity contribution in [3.05, 3.63) is 40.4 Å². The number of carboxylic acids is 1. The van der Waals surface area contributed by atoms with Crippen molar-refractivity contribution in [2.45, 2.75) is 24.1 Å². The van der Waals surface area contributed by atoms with Gasteiger partial charge in [0.2, 0.25) is 0 Å². The molecule has 0 amide bonds. The van der Waals surface area contributed by atoms with Crippen LogP contribution in [0.25, 0.3) is 0 Å². The van der Waals surface area contributed by atoms with E-state index in [-0.39, 0.29) is 16.3 Å². The second-order valence-electron chi connectivity index (χ2n) is 4.20. The third kappa shape index (κ3) is 3.30. The van der Waals surface area contributed by atoms with Gasteiger partial charge in [0, 0.05) is 11.0 Å². The number of hydrogen-bond donors (Lipinski definition) is 1. The molecule has 0 spiro atoms. The third-order valence-electron chi connectivity index (χ3n) is 2.82. The number of aromatic carboxylic acids is 1. The summed E-state index contributed by atoms with van der Waals surface area (Å²) in [5, 5.41) is 13.0. The molecule has 1 aromatic heterocycles. The Kier molecular flexibility index (Phi) is 4.43. The number of hydrogen-bond acceptors (Lipinski definition) is 5. The Morgan fingerprint density at radius 1 is 1.43 bits per heavy atom. The van der Waals surface area contributed by atoms with Crippen LogP contribution in [0.2, 0.25) is 0 Å². The Labute approximate surface area is 129 Å². The van der Waals surface area contributed by atoms with E-state index in [9.17, 15) is 13.2 Å². The fourth-order valence-corrected chi connectivity index (χ4v) is 3.87. The summed E-state index contributed by atoms with van der Waals surface area (Å²) < 4.78 is 26.9. The van der Waals surface area contributed by atoms with Crippen LogP contribution in [0.15, 0.2) is 33.9 Å². The Morgan fingerprint density at radius 3 is 2.76 bits per heavy atom. The van der Waals surface area contributed by atoms with E-state index in [1.54, 1.807) is 0 Å². The first-order valence-corrected chi connectivity index (χ1v) is 8.42. The summed E-state index contributed by atoms with van der Waals surface area (Å²) in [6.45, 7) is 2.29. The van der Waals surface area contributed by atoms with Gasteiger partial charge < -0.3 is 5.11 Å². The number of halogens is 1. The third-order valence-corrected chi connectivity index (χ3v) is 4.96. The van der Waals surface area contributed by atoms with Crippen LogP contribution in [0, 0.1) is 0 Å². The van der Waals surface area contributed by atoms with E-state index in [0.29, 0.717) is 11.0 Å². The van der Waals surface area contributed by atoms with Gasteiger partial charge in [0.25, 0.3) is 0 Å². The molecule has 1 aromatic carbocycles. The molecule has 0 aliphatic carbocycles. The lowest BCUT2D eigenvalue weighted by Gasteiger charge is -2.08. The molecule has 21 heavy (non-hydrogen) atoms. The van der Waals surface area contributed by atoms with Gasteiger partial charge in [-0.3, -0.25) is 0 Å². The molecule has 0 saturated heterocycles. The molecule has 1 N–H and O–H groups in total. The minimum atomic E-state index is -3.85. The van der Waals surface area contributed by atoms with Crippen molar-refractivity contribution < 1.29 is 18.3 Å². The molecule has 2 rings (SSSR count). The maximum Gasteiger partial charge on any atom is 0.337 e. The number of rotatable bonds is 5. The largest absolute Gasteiger partial charge is 0.478 e. The maximum absolute atomic E-state index is 12.5. The van der Waals surface area contributed by atoms with Crippen LogP contribution in [0.5, 0.6) is 0 Å². The van der Waals surface area contributed by atoms with E-state index in [4.69, 9.17) is 5.11 Å². The molecule has 0 bridgehead atoms. The van der Waals surface area contributed by atoms with Gasteiger partial charge in [0.15, 0.2) is 9.84 Å². The Balaban J connectivity index is 2.49. The van der Waals surface area contributed by atoms with Crippen molar-refractivity contribution in [1.29, 1.82) is 0 Å². The molecule has 2 aromatic rings. The highest BCUT2D eigenvalue weighted by Crippen LogP contribution is 2.24. The Hall–Kier alpha value is -1.74. The molecule has 0 atom stereocenters. The Bertz CT molecular complexity index is 786. The van der Waals surface area contributed by atoms with Crippen LogP contribution in [-0.4, -0.2) is 34.3 Å². The van der Waals surface area contributed by atoms with Crippen LogP contribution in [0.3, 0.4) is 0 Å². The normalized spacial score (nSPS) is 11.5. The smallest absolute Gasteiger partial charge is 0.337 e. The summed E-state index contributed by atoms with van der Waals surface area (Å²) >= 11 is 3.15. The molecule has 0 saturated carbocycles. The molecule has 9 heteroatoms. The van der Waals surface area contributed by atoms with Crippen molar-refractivity contribution in [1.82, 2.24) is 14.8 Å². The molecule has 0 radical (unpaired) electrons. The maximum atomic E-state index is 12.5. The highest BCUT2D eigenvalue weighted by Gasteiger charge is 2.25. The van der Waals surface area contributed by atoms with Gasteiger partial charge in [-0.1, -0.05) is 15.9 Å². The molecule has 1 heterocycles. The molecule has 0 aliphatic rings. The van der Waals surface area contributed by atoms with Gasteiger partial charge in [0.1, 0.15) is 17.9 Å². The minimum absolute atomic E-state index is 0.241. The summed E-state index contributed by atoms with van der Waals surface area (Å²) in [4.78, 5) is 14.9. The van der Waals surface area contributed by atoms with Crippen LogP contribution < -0.4 is 0 Å². The fraction of sp³-hybridized carbons (Fsp3) is 0.250. The molecule has 0 aliphatic heterocycles. The first-order chi connectivity index (χ1) is 9.85. The predicted octanol–water partition coefficient (Wildman–Crippen LogP) is 1.73.